The molecule has 3 saturated carbocycles. The fourth-order valence-electron chi connectivity index (χ4n) is 7.20. The molecule has 3 aliphatic rings. The fraction of sp³-hybridized carbons (Fsp3) is 0.833. The van der Waals surface area contributed by atoms with Crippen molar-refractivity contribution in [1.29, 1.82) is 0 Å². The van der Waals surface area contributed by atoms with E-state index in [0.717, 1.165) is 37.7 Å². The van der Waals surface area contributed by atoms with E-state index < -0.39 is 11.5 Å². The van der Waals surface area contributed by atoms with E-state index in [1.54, 1.807) is 13.1 Å². The minimum atomic E-state index is -0.546. The first kappa shape index (κ1) is 23.3. The Bertz CT molecular complexity index is 706. The number of rotatable bonds is 4. The van der Waals surface area contributed by atoms with Crippen LogP contribution in [0.15, 0.2) is 11.6 Å². The van der Waals surface area contributed by atoms with Gasteiger partial charge in [0.2, 0.25) is 5.91 Å². The number of likely N-dealkylation sites (N-methyl/N-ethyl adjacent to an activating group) is 1. The Morgan fingerprint density at radius 3 is 2.63 bits per heavy atom. The molecule has 3 fully saturated rings. The quantitative estimate of drug-likeness (QED) is 0.538. The maximum absolute atomic E-state index is 12.7. The lowest BCUT2D eigenvalue weighted by atomic mass is 9.42. The van der Waals surface area contributed by atoms with Gasteiger partial charge in [-0.05, 0) is 68.1 Å². The first-order valence-electron chi connectivity index (χ1n) is 11.4. The molecule has 7 atom stereocenters. The Kier molecular flexibility index (Phi) is 6.68. The van der Waals surface area contributed by atoms with Gasteiger partial charge in [-0.15, -0.1) is 0 Å². The number of hydrogen-bond acceptors (Lipinski definition) is 5. The highest BCUT2D eigenvalue weighted by molar-refractivity contribution is 5.88. The number of aliphatic hydroxyl groups is 2. The lowest BCUT2D eigenvalue weighted by Gasteiger charge is -2.62. The Hall–Kier alpha value is -1.40. The van der Waals surface area contributed by atoms with Crippen molar-refractivity contribution in [2.45, 2.75) is 65.4 Å². The SMILES string of the molecule is COC(=O)[C@@]1(C)CCC[C@@]2(C)[C@H]1C[C@H](O)[C@H]1[C@@H](C)/C(=C/C(=O)N(C)CCO)CC[C@@H]12. The number of amides is 1. The molecule has 3 aliphatic carbocycles. The van der Waals surface area contributed by atoms with E-state index in [4.69, 9.17) is 9.84 Å². The molecular formula is C24H39NO5. The number of ether oxygens (including phenoxy) is 1. The van der Waals surface area contributed by atoms with Crippen LogP contribution in [0.3, 0.4) is 0 Å². The van der Waals surface area contributed by atoms with Crippen molar-refractivity contribution < 1.29 is 24.5 Å². The van der Waals surface area contributed by atoms with Gasteiger partial charge in [0, 0.05) is 19.7 Å². The summed E-state index contributed by atoms with van der Waals surface area (Å²) in [6, 6.07) is 0. The zero-order chi connectivity index (χ0) is 22.3. The van der Waals surface area contributed by atoms with Crippen molar-refractivity contribution >= 4 is 11.9 Å². The van der Waals surface area contributed by atoms with Crippen LogP contribution in [0.1, 0.15) is 59.3 Å². The number of carbonyl (C=O) groups excluding carboxylic acids is 2. The Morgan fingerprint density at radius 2 is 2.00 bits per heavy atom. The van der Waals surface area contributed by atoms with E-state index in [1.807, 2.05) is 6.92 Å². The van der Waals surface area contributed by atoms with Crippen LogP contribution in [0.2, 0.25) is 0 Å². The first-order chi connectivity index (χ1) is 14.1. The van der Waals surface area contributed by atoms with Gasteiger partial charge in [0.05, 0.1) is 25.2 Å². The fourth-order valence-corrected chi connectivity index (χ4v) is 7.20. The molecule has 0 bridgehead atoms. The molecule has 2 N–H and O–H groups in total. The molecule has 0 radical (unpaired) electrons. The minimum absolute atomic E-state index is 0.0113. The van der Waals surface area contributed by atoms with Gasteiger partial charge in [-0.25, -0.2) is 0 Å². The molecule has 30 heavy (non-hydrogen) atoms. The third kappa shape index (κ3) is 3.70. The average Bonchev–Trinajstić information content (AvgIpc) is 2.70. The summed E-state index contributed by atoms with van der Waals surface area (Å²) >= 11 is 0. The summed E-state index contributed by atoms with van der Waals surface area (Å²) < 4.78 is 5.19. The summed E-state index contributed by atoms with van der Waals surface area (Å²) in [5.74, 6) is 0.419. The maximum Gasteiger partial charge on any atom is 0.311 e. The van der Waals surface area contributed by atoms with Crippen LogP contribution in [0.4, 0.5) is 0 Å². The number of fused-ring (bicyclic) bond motifs is 3. The predicted molar refractivity (Wildman–Crippen MR) is 114 cm³/mol. The van der Waals surface area contributed by atoms with Gasteiger partial charge in [-0.1, -0.05) is 25.8 Å². The Labute approximate surface area is 180 Å². The zero-order valence-electron chi connectivity index (χ0n) is 19.2. The Balaban J connectivity index is 1.88. The molecule has 0 heterocycles. The van der Waals surface area contributed by atoms with Gasteiger partial charge in [0.25, 0.3) is 0 Å². The normalized spacial score (nSPS) is 42.2. The topological polar surface area (TPSA) is 87.1 Å². The number of esters is 1. The van der Waals surface area contributed by atoms with Gasteiger partial charge in [-0.2, -0.15) is 0 Å². The van der Waals surface area contributed by atoms with E-state index >= 15 is 0 Å². The summed E-state index contributed by atoms with van der Waals surface area (Å²) in [4.78, 5) is 26.8. The third-order valence-corrected chi connectivity index (χ3v) is 8.89. The van der Waals surface area contributed by atoms with E-state index in [1.165, 1.54) is 12.0 Å². The lowest BCUT2D eigenvalue weighted by molar-refractivity contribution is -0.189. The maximum atomic E-state index is 12.7. The number of allylic oxidation sites excluding steroid dienone is 1. The second-order valence-electron chi connectivity index (χ2n) is 10.3. The molecule has 170 valence electrons. The van der Waals surface area contributed by atoms with Gasteiger partial charge < -0.3 is 19.8 Å². The van der Waals surface area contributed by atoms with E-state index in [0.29, 0.717) is 18.9 Å². The lowest BCUT2D eigenvalue weighted by Crippen LogP contribution is -2.60. The van der Waals surface area contributed by atoms with Gasteiger partial charge in [0.1, 0.15) is 0 Å². The average molecular weight is 422 g/mol. The molecular weight excluding hydrogens is 382 g/mol. The predicted octanol–water partition coefficient (Wildman–Crippen LogP) is 2.78. The van der Waals surface area contributed by atoms with Crippen LogP contribution in [-0.2, 0) is 14.3 Å². The molecule has 6 heteroatoms. The van der Waals surface area contributed by atoms with Crippen LogP contribution >= 0.6 is 0 Å². The zero-order valence-corrected chi connectivity index (χ0v) is 19.2. The molecule has 0 aliphatic heterocycles. The monoisotopic (exact) mass is 421 g/mol. The van der Waals surface area contributed by atoms with Gasteiger partial charge in [-0.3, -0.25) is 9.59 Å². The van der Waals surface area contributed by atoms with Crippen molar-refractivity contribution in [1.82, 2.24) is 4.90 Å². The third-order valence-electron chi connectivity index (χ3n) is 8.89. The second-order valence-corrected chi connectivity index (χ2v) is 10.3. The summed E-state index contributed by atoms with van der Waals surface area (Å²) in [5.41, 5.74) is 0.539. The van der Waals surface area contributed by atoms with Crippen LogP contribution in [0, 0.1) is 34.5 Å². The molecule has 0 aromatic carbocycles. The van der Waals surface area contributed by atoms with Crippen LogP contribution in [-0.4, -0.2) is 60.4 Å². The molecule has 6 nitrogen and oxygen atoms in total. The molecule has 0 spiro atoms. The molecule has 0 aromatic rings. The van der Waals surface area contributed by atoms with Crippen molar-refractivity contribution in [3.05, 3.63) is 11.6 Å². The van der Waals surface area contributed by atoms with Gasteiger partial charge in [0.15, 0.2) is 0 Å². The van der Waals surface area contributed by atoms with E-state index in [2.05, 4.69) is 13.8 Å². The molecule has 3 rings (SSSR count). The van der Waals surface area contributed by atoms with Crippen molar-refractivity contribution in [2.75, 3.05) is 27.3 Å². The summed E-state index contributed by atoms with van der Waals surface area (Å²) in [7, 11) is 3.16. The highest BCUT2D eigenvalue weighted by Gasteiger charge is 2.62. The number of aliphatic hydroxyl groups excluding tert-OH is 2. The number of nitrogens with zero attached hydrogens (tertiary/aromatic N) is 1. The van der Waals surface area contributed by atoms with E-state index in [9.17, 15) is 14.7 Å². The minimum Gasteiger partial charge on any atom is -0.469 e. The van der Waals surface area contributed by atoms with Crippen LogP contribution < -0.4 is 0 Å². The highest BCUT2D eigenvalue weighted by atomic mass is 16.5. The Morgan fingerprint density at radius 1 is 1.30 bits per heavy atom. The molecule has 0 saturated heterocycles. The number of carbonyl (C=O) groups is 2. The van der Waals surface area contributed by atoms with E-state index in [-0.39, 0.29) is 41.7 Å². The highest BCUT2D eigenvalue weighted by Crippen LogP contribution is 2.65. The first-order valence-corrected chi connectivity index (χ1v) is 11.4. The van der Waals surface area contributed by atoms with Crippen LogP contribution in [0.25, 0.3) is 0 Å². The van der Waals surface area contributed by atoms with Crippen LogP contribution in [0.5, 0.6) is 0 Å². The number of methoxy groups -OCH3 is 1. The smallest absolute Gasteiger partial charge is 0.311 e. The van der Waals surface area contributed by atoms with Gasteiger partial charge >= 0.3 is 5.97 Å². The standard InChI is InChI=1S/C24H39NO5/c1-15-16(13-20(28)25(4)11-12-26)7-8-17-21(15)18(27)14-19-23(17,2)9-6-10-24(19,3)22(29)30-5/h13,15,17-19,21,26-27H,6-12,14H2,1-5H3/b16-13+/t15-,17-,18-,19+,21-,23+,24-/m0/s1. The molecule has 1 amide bonds. The molecule has 0 aromatic heterocycles. The summed E-state index contributed by atoms with van der Waals surface area (Å²) in [6.45, 7) is 6.75. The summed E-state index contributed by atoms with van der Waals surface area (Å²) in [6.07, 6.45) is 6.50. The van der Waals surface area contributed by atoms with Crippen molar-refractivity contribution in [3.8, 4) is 0 Å². The number of hydrogen-bond donors (Lipinski definition) is 2. The molecule has 0 unspecified atom stereocenters. The largest absolute Gasteiger partial charge is 0.469 e. The van der Waals surface area contributed by atoms with Crippen molar-refractivity contribution in [3.63, 3.8) is 0 Å². The van der Waals surface area contributed by atoms with Crippen molar-refractivity contribution in [2.24, 2.45) is 34.5 Å². The summed E-state index contributed by atoms with van der Waals surface area (Å²) in [5, 5.41) is 20.3. The second kappa shape index (κ2) is 8.62.